The van der Waals surface area contributed by atoms with Gasteiger partial charge >= 0.3 is 5.97 Å². The average Bonchev–Trinajstić information content (AvgIpc) is 3.17. The van der Waals surface area contributed by atoms with Crippen molar-refractivity contribution in [2.24, 2.45) is 0 Å². The molecule has 6 heteroatoms. The Morgan fingerprint density at radius 3 is 2.91 bits per heavy atom. The lowest BCUT2D eigenvalue weighted by Crippen LogP contribution is -2.09. The first-order valence-corrected chi connectivity index (χ1v) is 7.99. The van der Waals surface area contributed by atoms with Gasteiger partial charge in [-0.2, -0.15) is 0 Å². The van der Waals surface area contributed by atoms with Crippen LogP contribution < -0.4 is 0 Å². The van der Waals surface area contributed by atoms with E-state index >= 15 is 0 Å². The number of hydrogen-bond acceptors (Lipinski definition) is 3. The molecule has 3 aromatic heterocycles. The maximum atomic E-state index is 10.8. The Morgan fingerprint density at radius 1 is 1.30 bits per heavy atom. The third-order valence-electron chi connectivity index (χ3n) is 4.58. The van der Waals surface area contributed by atoms with E-state index < -0.39 is 5.97 Å². The maximum absolute atomic E-state index is 10.8. The molecule has 0 atom stereocenters. The van der Waals surface area contributed by atoms with Gasteiger partial charge in [-0.15, -0.1) is 0 Å². The first kappa shape index (κ1) is 14.0. The molecule has 3 heterocycles. The number of aromatic nitrogens is 4. The van der Waals surface area contributed by atoms with E-state index in [1.807, 2.05) is 12.3 Å². The highest BCUT2D eigenvalue weighted by Gasteiger charge is 2.23. The number of rotatable bonds is 3. The summed E-state index contributed by atoms with van der Waals surface area (Å²) < 4.78 is 2.14. The van der Waals surface area contributed by atoms with Crippen LogP contribution >= 0.6 is 0 Å². The fourth-order valence-corrected chi connectivity index (χ4v) is 3.52. The van der Waals surface area contributed by atoms with E-state index in [-0.39, 0.29) is 0 Å². The fourth-order valence-electron chi connectivity index (χ4n) is 3.52. The van der Waals surface area contributed by atoms with Gasteiger partial charge in [-0.05, 0) is 25.0 Å². The summed E-state index contributed by atoms with van der Waals surface area (Å²) in [5.41, 5.74) is 3.34. The first-order valence-electron chi connectivity index (χ1n) is 7.99. The van der Waals surface area contributed by atoms with E-state index in [0.29, 0.717) is 11.6 Å². The quantitative estimate of drug-likeness (QED) is 0.727. The summed E-state index contributed by atoms with van der Waals surface area (Å²) >= 11 is 0. The van der Waals surface area contributed by atoms with Crippen molar-refractivity contribution in [1.82, 2.24) is 19.4 Å². The van der Waals surface area contributed by atoms with Crippen molar-refractivity contribution in [3.63, 3.8) is 0 Å². The summed E-state index contributed by atoms with van der Waals surface area (Å²) in [4.78, 5) is 23.2. The second-order valence-electron chi connectivity index (χ2n) is 6.05. The third kappa shape index (κ3) is 2.40. The molecule has 0 radical (unpaired) electrons. The highest BCUT2D eigenvalue weighted by atomic mass is 16.4. The van der Waals surface area contributed by atoms with Crippen LogP contribution in [0.1, 0.15) is 49.5 Å². The first-order chi connectivity index (χ1) is 11.2. The van der Waals surface area contributed by atoms with Crippen molar-refractivity contribution in [2.75, 3.05) is 0 Å². The molecule has 1 saturated carbocycles. The number of nitrogens with one attached hydrogen (secondary N) is 1. The topological polar surface area (TPSA) is 83.3 Å². The maximum Gasteiger partial charge on any atom is 0.328 e. The number of fused-ring (bicyclic) bond motifs is 3. The van der Waals surface area contributed by atoms with Crippen LogP contribution in [0.15, 0.2) is 24.5 Å². The van der Waals surface area contributed by atoms with Crippen LogP contribution in [0.25, 0.3) is 22.8 Å². The monoisotopic (exact) mass is 310 g/mol. The van der Waals surface area contributed by atoms with Gasteiger partial charge in [0.05, 0.1) is 22.9 Å². The number of carboxylic acid groups (broad SMARTS) is 1. The predicted octanol–water partition coefficient (Wildman–Crippen LogP) is 3.36. The van der Waals surface area contributed by atoms with Gasteiger partial charge in [0.25, 0.3) is 0 Å². The van der Waals surface area contributed by atoms with Crippen molar-refractivity contribution >= 4 is 28.7 Å². The molecule has 4 rings (SSSR count). The fraction of sp³-hybridized carbons (Fsp3) is 0.353. The van der Waals surface area contributed by atoms with Gasteiger partial charge in [0.15, 0.2) is 5.65 Å². The average molecular weight is 310 g/mol. The summed E-state index contributed by atoms with van der Waals surface area (Å²) in [6.45, 7) is 0. The second kappa shape index (κ2) is 5.53. The number of carbonyl (C=O) groups is 1. The number of imidazole rings is 1. The zero-order valence-electron chi connectivity index (χ0n) is 12.7. The largest absolute Gasteiger partial charge is 0.478 e. The van der Waals surface area contributed by atoms with Crippen molar-refractivity contribution in [2.45, 2.75) is 38.0 Å². The van der Waals surface area contributed by atoms with E-state index in [9.17, 15) is 4.79 Å². The SMILES string of the molecule is O=C(O)C=Cc1nc(C2CCCCC2)n2c1cnc1[nH]ccc12. The van der Waals surface area contributed by atoms with Gasteiger partial charge in [-0.1, -0.05) is 19.3 Å². The Morgan fingerprint density at radius 2 is 2.13 bits per heavy atom. The van der Waals surface area contributed by atoms with Crippen molar-refractivity contribution in [1.29, 1.82) is 0 Å². The zero-order valence-corrected chi connectivity index (χ0v) is 12.7. The van der Waals surface area contributed by atoms with Gasteiger partial charge in [0, 0.05) is 18.2 Å². The van der Waals surface area contributed by atoms with Crippen LogP contribution in [0.5, 0.6) is 0 Å². The van der Waals surface area contributed by atoms with E-state index in [1.54, 1.807) is 12.3 Å². The van der Waals surface area contributed by atoms with Crippen molar-refractivity contribution < 1.29 is 9.90 Å². The summed E-state index contributed by atoms with van der Waals surface area (Å²) in [7, 11) is 0. The minimum absolute atomic E-state index is 0.420. The van der Waals surface area contributed by atoms with Gasteiger partial charge in [0.1, 0.15) is 5.82 Å². The third-order valence-corrected chi connectivity index (χ3v) is 4.58. The molecular weight excluding hydrogens is 292 g/mol. The summed E-state index contributed by atoms with van der Waals surface area (Å²) in [5.74, 6) is 0.474. The number of H-pyrrole nitrogens is 1. The van der Waals surface area contributed by atoms with Crippen molar-refractivity contribution in [3.05, 3.63) is 36.1 Å². The Balaban J connectivity index is 1.95. The minimum Gasteiger partial charge on any atom is -0.478 e. The Kier molecular flexibility index (Phi) is 3.37. The highest BCUT2D eigenvalue weighted by molar-refractivity contribution is 5.87. The molecule has 0 saturated heterocycles. The molecule has 0 spiro atoms. The van der Waals surface area contributed by atoms with Gasteiger partial charge in [-0.25, -0.2) is 14.8 Å². The molecule has 0 aromatic carbocycles. The Hall–Kier alpha value is -2.63. The standard InChI is InChI=1S/C17H18N4O2/c22-15(23)7-6-12-14-10-19-16-13(8-9-18-16)21(14)17(20-12)11-4-2-1-3-5-11/h6-11,18H,1-5H2,(H,22,23). The lowest BCUT2D eigenvalue weighted by Gasteiger charge is -2.20. The Labute approximate surface area is 132 Å². The van der Waals surface area contributed by atoms with E-state index in [2.05, 4.69) is 14.4 Å². The van der Waals surface area contributed by atoms with Crippen LogP contribution in [-0.4, -0.2) is 30.4 Å². The Bertz CT molecular complexity index is 900. The highest BCUT2D eigenvalue weighted by Crippen LogP contribution is 2.34. The lowest BCUT2D eigenvalue weighted by molar-refractivity contribution is -0.131. The molecule has 0 unspecified atom stereocenters. The molecule has 0 amide bonds. The molecule has 1 aliphatic rings. The van der Waals surface area contributed by atoms with E-state index in [1.165, 1.54) is 19.3 Å². The zero-order chi connectivity index (χ0) is 15.8. The normalized spacial score (nSPS) is 16.7. The molecule has 1 fully saturated rings. The van der Waals surface area contributed by atoms with Crippen LogP contribution in [0.2, 0.25) is 0 Å². The number of hydrogen-bond donors (Lipinski definition) is 2. The molecule has 0 aliphatic heterocycles. The molecule has 6 nitrogen and oxygen atoms in total. The van der Waals surface area contributed by atoms with Crippen LogP contribution in [-0.2, 0) is 4.79 Å². The number of nitrogens with zero attached hydrogens (tertiary/aromatic N) is 3. The van der Waals surface area contributed by atoms with Crippen molar-refractivity contribution in [3.8, 4) is 0 Å². The summed E-state index contributed by atoms with van der Waals surface area (Å²) in [5, 5.41) is 8.90. The molecule has 3 aromatic rings. The number of aliphatic carboxylic acids is 1. The summed E-state index contributed by atoms with van der Waals surface area (Å²) in [6.07, 6.45) is 12.3. The van der Waals surface area contributed by atoms with E-state index in [4.69, 9.17) is 10.1 Å². The number of carboxylic acids is 1. The minimum atomic E-state index is -0.971. The van der Waals surface area contributed by atoms with Gasteiger partial charge in [-0.3, -0.25) is 4.40 Å². The second-order valence-corrected chi connectivity index (χ2v) is 6.05. The van der Waals surface area contributed by atoms with Gasteiger partial charge in [0.2, 0.25) is 0 Å². The molecule has 2 N–H and O–H groups in total. The van der Waals surface area contributed by atoms with E-state index in [0.717, 1.165) is 41.4 Å². The summed E-state index contributed by atoms with van der Waals surface area (Å²) in [6, 6.07) is 1.99. The molecule has 23 heavy (non-hydrogen) atoms. The van der Waals surface area contributed by atoms with Crippen LogP contribution in [0.3, 0.4) is 0 Å². The smallest absolute Gasteiger partial charge is 0.328 e. The molecule has 0 bridgehead atoms. The molecule has 118 valence electrons. The van der Waals surface area contributed by atoms with Crippen LogP contribution in [0, 0.1) is 0 Å². The van der Waals surface area contributed by atoms with Crippen LogP contribution in [0.4, 0.5) is 0 Å². The molecular formula is C17H18N4O2. The number of aromatic amines is 1. The lowest BCUT2D eigenvalue weighted by atomic mass is 9.89. The predicted molar refractivity (Wildman–Crippen MR) is 87.3 cm³/mol. The molecule has 1 aliphatic carbocycles. The van der Waals surface area contributed by atoms with Gasteiger partial charge < -0.3 is 10.1 Å².